The van der Waals surface area contributed by atoms with Gasteiger partial charge in [-0.15, -0.1) is 11.3 Å². The first-order valence-electron chi connectivity index (χ1n) is 8.42. The average molecular weight is 418 g/mol. The Hall–Kier alpha value is -2.22. The molecule has 0 amide bonds. The van der Waals surface area contributed by atoms with E-state index in [9.17, 15) is 4.79 Å². The molecule has 2 aliphatic rings. The number of nitrogens with one attached hydrogen (secondary N) is 1. The summed E-state index contributed by atoms with van der Waals surface area (Å²) in [5.74, 6) is 0.687. The average Bonchev–Trinajstić information content (AvgIpc) is 3.32. The van der Waals surface area contributed by atoms with Gasteiger partial charge in [0.15, 0.2) is 5.78 Å². The molecule has 0 saturated carbocycles. The molecule has 1 aliphatic carbocycles. The van der Waals surface area contributed by atoms with Gasteiger partial charge in [0.2, 0.25) is 5.95 Å². The lowest BCUT2D eigenvalue weighted by Crippen LogP contribution is -2.33. The van der Waals surface area contributed by atoms with Crippen LogP contribution in [0, 0.1) is 0 Å². The van der Waals surface area contributed by atoms with Crippen LogP contribution in [0.25, 0.3) is 0 Å². The molecular formula is C18H13Cl2N5OS. The number of aromatic nitrogens is 4. The van der Waals surface area contributed by atoms with Gasteiger partial charge in [-0.25, -0.2) is 0 Å². The number of nitrogens with zero attached hydrogens (tertiary/aromatic N) is 4. The highest BCUT2D eigenvalue weighted by molar-refractivity contribution is 7.10. The zero-order valence-electron chi connectivity index (χ0n) is 13.9. The van der Waals surface area contributed by atoms with E-state index in [0.29, 0.717) is 40.0 Å². The molecule has 0 unspecified atom stereocenters. The van der Waals surface area contributed by atoms with Crippen LogP contribution in [0.1, 0.15) is 35.2 Å². The number of benzene rings is 1. The van der Waals surface area contributed by atoms with Gasteiger partial charge < -0.3 is 5.32 Å². The Balaban J connectivity index is 1.67. The van der Waals surface area contributed by atoms with Crippen molar-refractivity contribution >= 4 is 46.3 Å². The van der Waals surface area contributed by atoms with Crippen LogP contribution in [0.3, 0.4) is 0 Å². The number of Topliss-reactive ketones (excluding diaryl/α,β-unsaturated/α-hetero) is 1. The van der Waals surface area contributed by atoms with E-state index >= 15 is 0 Å². The smallest absolute Gasteiger partial charge is 0.248 e. The zero-order chi connectivity index (χ0) is 18.5. The van der Waals surface area contributed by atoms with Crippen molar-refractivity contribution in [1.82, 2.24) is 20.2 Å². The highest BCUT2D eigenvalue weighted by Gasteiger charge is 2.41. The van der Waals surface area contributed by atoms with Gasteiger partial charge in [0.25, 0.3) is 0 Å². The number of carbonyl (C=O) groups is 1. The highest BCUT2D eigenvalue weighted by atomic mass is 35.5. The number of tetrazole rings is 1. The molecule has 5 rings (SSSR count). The minimum Gasteiger partial charge on any atom is -0.326 e. The monoisotopic (exact) mass is 417 g/mol. The maximum Gasteiger partial charge on any atom is 0.248 e. The number of thiophene rings is 1. The minimum atomic E-state index is -0.538. The third kappa shape index (κ3) is 2.69. The SMILES string of the molecule is O=C1C[C@@H](c2cccs2)CC2=C1[C@@H](c1c(Cl)cccc1Cl)n1nnnc1N2. The van der Waals surface area contributed by atoms with Crippen LogP contribution in [0.15, 0.2) is 47.0 Å². The molecule has 6 nitrogen and oxygen atoms in total. The number of fused-ring (bicyclic) bond motifs is 1. The Labute approximate surface area is 168 Å². The van der Waals surface area contributed by atoms with Gasteiger partial charge in [0.05, 0.1) is 0 Å². The van der Waals surface area contributed by atoms with Crippen LogP contribution in [-0.4, -0.2) is 26.0 Å². The van der Waals surface area contributed by atoms with Crippen LogP contribution in [-0.2, 0) is 4.79 Å². The molecular weight excluding hydrogens is 405 g/mol. The largest absolute Gasteiger partial charge is 0.326 e. The Morgan fingerprint density at radius 2 is 1.96 bits per heavy atom. The van der Waals surface area contributed by atoms with Crippen LogP contribution in [0.5, 0.6) is 0 Å². The first kappa shape index (κ1) is 16.9. The van der Waals surface area contributed by atoms with Gasteiger partial charge in [0.1, 0.15) is 6.04 Å². The van der Waals surface area contributed by atoms with Crippen molar-refractivity contribution in [2.75, 3.05) is 5.32 Å². The van der Waals surface area contributed by atoms with E-state index in [1.807, 2.05) is 11.4 Å². The van der Waals surface area contributed by atoms with Crippen LogP contribution in [0.4, 0.5) is 5.95 Å². The third-order valence-electron chi connectivity index (χ3n) is 5.00. The summed E-state index contributed by atoms with van der Waals surface area (Å²) in [5, 5.41) is 18.2. The number of hydrogen-bond donors (Lipinski definition) is 1. The summed E-state index contributed by atoms with van der Waals surface area (Å²) in [4.78, 5) is 14.4. The van der Waals surface area contributed by atoms with Crippen molar-refractivity contribution in [3.8, 4) is 0 Å². The molecule has 2 atom stereocenters. The number of hydrogen-bond acceptors (Lipinski definition) is 6. The van der Waals surface area contributed by atoms with E-state index < -0.39 is 6.04 Å². The molecule has 1 aliphatic heterocycles. The van der Waals surface area contributed by atoms with Crippen molar-refractivity contribution in [2.45, 2.75) is 24.8 Å². The molecule has 9 heteroatoms. The number of ketones is 1. The fourth-order valence-electron chi connectivity index (χ4n) is 3.84. The maximum absolute atomic E-state index is 13.2. The van der Waals surface area contributed by atoms with Crippen molar-refractivity contribution in [3.05, 3.63) is 67.5 Å². The van der Waals surface area contributed by atoms with Gasteiger partial charge in [-0.1, -0.05) is 40.4 Å². The summed E-state index contributed by atoms with van der Waals surface area (Å²) in [6, 6.07) is 8.84. The Kier molecular flexibility index (Phi) is 4.03. The van der Waals surface area contributed by atoms with Gasteiger partial charge in [-0.3, -0.25) is 4.79 Å². The number of anilines is 1. The molecule has 136 valence electrons. The van der Waals surface area contributed by atoms with Gasteiger partial charge >= 0.3 is 0 Å². The van der Waals surface area contributed by atoms with Crippen molar-refractivity contribution in [3.63, 3.8) is 0 Å². The minimum absolute atomic E-state index is 0.0595. The molecule has 3 aromatic rings. The molecule has 1 N–H and O–H groups in total. The van der Waals surface area contributed by atoms with E-state index in [2.05, 4.69) is 26.9 Å². The summed E-state index contributed by atoms with van der Waals surface area (Å²) < 4.78 is 1.58. The van der Waals surface area contributed by atoms with E-state index in [-0.39, 0.29) is 11.7 Å². The summed E-state index contributed by atoms with van der Waals surface area (Å²) in [6.45, 7) is 0. The van der Waals surface area contributed by atoms with E-state index in [4.69, 9.17) is 23.2 Å². The first-order valence-corrected chi connectivity index (χ1v) is 10.1. The quantitative estimate of drug-likeness (QED) is 0.666. The lowest BCUT2D eigenvalue weighted by atomic mass is 9.80. The third-order valence-corrected chi connectivity index (χ3v) is 6.69. The van der Waals surface area contributed by atoms with E-state index in [0.717, 1.165) is 5.70 Å². The van der Waals surface area contributed by atoms with Crippen LogP contribution < -0.4 is 5.32 Å². The molecule has 0 bridgehead atoms. The summed E-state index contributed by atoms with van der Waals surface area (Å²) in [7, 11) is 0. The highest BCUT2D eigenvalue weighted by Crippen LogP contribution is 2.47. The standard InChI is InChI=1S/C18H13Cl2N5OS/c19-10-3-1-4-11(20)15(10)17-16-12(21-18-22-23-24-25(17)18)7-9(8-13(16)26)14-5-2-6-27-14/h1-6,9,17H,7-8H2,(H,21,22,24)/t9-,17+/m0/s1. The normalized spacial score (nSPS) is 21.6. The van der Waals surface area contributed by atoms with Gasteiger partial charge in [-0.2, -0.15) is 4.68 Å². The van der Waals surface area contributed by atoms with Crippen molar-refractivity contribution < 1.29 is 4.79 Å². The Bertz CT molecular complexity index is 1060. The fraction of sp³-hybridized carbons (Fsp3) is 0.222. The lowest BCUT2D eigenvalue weighted by Gasteiger charge is -2.34. The van der Waals surface area contributed by atoms with E-state index in [1.165, 1.54) is 4.88 Å². The van der Waals surface area contributed by atoms with Gasteiger partial charge in [0, 0.05) is 44.1 Å². The molecule has 0 fully saturated rings. The second-order valence-corrected chi connectivity index (χ2v) is 8.34. The summed E-state index contributed by atoms with van der Waals surface area (Å²) >= 11 is 14.6. The van der Waals surface area contributed by atoms with E-state index in [1.54, 1.807) is 34.2 Å². The number of carbonyl (C=O) groups excluding carboxylic acids is 1. The zero-order valence-corrected chi connectivity index (χ0v) is 16.2. The predicted octanol–water partition coefficient (Wildman–Crippen LogP) is 4.46. The maximum atomic E-state index is 13.2. The van der Waals surface area contributed by atoms with Crippen LogP contribution >= 0.6 is 34.5 Å². The number of halogens is 2. The second-order valence-electron chi connectivity index (χ2n) is 6.55. The fourth-order valence-corrected chi connectivity index (χ4v) is 5.27. The lowest BCUT2D eigenvalue weighted by molar-refractivity contribution is -0.116. The molecule has 1 aromatic carbocycles. The number of rotatable bonds is 2. The van der Waals surface area contributed by atoms with Crippen LogP contribution in [0.2, 0.25) is 10.0 Å². The summed E-state index contributed by atoms with van der Waals surface area (Å²) in [6.07, 6.45) is 1.16. The Morgan fingerprint density at radius 3 is 2.70 bits per heavy atom. The molecule has 0 radical (unpaired) electrons. The molecule has 27 heavy (non-hydrogen) atoms. The molecule has 0 spiro atoms. The molecule has 2 aromatic heterocycles. The first-order chi connectivity index (χ1) is 13.1. The predicted molar refractivity (Wildman–Crippen MR) is 104 cm³/mol. The number of allylic oxidation sites excluding steroid dienone is 2. The Morgan fingerprint density at radius 1 is 1.15 bits per heavy atom. The molecule has 0 saturated heterocycles. The topological polar surface area (TPSA) is 72.7 Å². The summed E-state index contributed by atoms with van der Waals surface area (Å²) in [5.41, 5.74) is 2.12. The van der Waals surface area contributed by atoms with Gasteiger partial charge in [-0.05, 0) is 40.4 Å². The molecule has 3 heterocycles. The van der Waals surface area contributed by atoms with Crippen molar-refractivity contribution in [2.24, 2.45) is 0 Å². The van der Waals surface area contributed by atoms with Crippen molar-refractivity contribution in [1.29, 1.82) is 0 Å². The second kappa shape index (κ2) is 6.44.